The summed E-state index contributed by atoms with van der Waals surface area (Å²) in [5.74, 6) is 0.178. The molecule has 31 heavy (non-hydrogen) atoms. The van der Waals surface area contributed by atoms with Crippen LogP contribution in [0.1, 0.15) is 13.8 Å². The van der Waals surface area contributed by atoms with E-state index in [0.717, 1.165) is 11.3 Å². The fourth-order valence-corrected chi connectivity index (χ4v) is 5.33. The van der Waals surface area contributed by atoms with Crippen molar-refractivity contribution in [1.82, 2.24) is 9.97 Å². The number of hydrogen-bond donors (Lipinski definition) is 4. The number of hydrogen-bond acceptors (Lipinski definition) is 9. The maximum atomic E-state index is 12.6. The lowest BCUT2D eigenvalue weighted by Crippen LogP contribution is -2.21. The van der Waals surface area contributed by atoms with Crippen LogP contribution in [0.2, 0.25) is 5.02 Å². The van der Waals surface area contributed by atoms with Crippen LogP contribution in [0, 0.1) is 0 Å². The molecule has 3 rings (SSSR count). The van der Waals surface area contributed by atoms with Gasteiger partial charge in [-0.2, -0.15) is 4.98 Å². The van der Waals surface area contributed by atoms with Crippen molar-refractivity contribution in [2.24, 2.45) is 5.73 Å². The Morgan fingerprint density at radius 2 is 1.97 bits per heavy atom. The summed E-state index contributed by atoms with van der Waals surface area (Å²) in [4.78, 5) is 20.0. The van der Waals surface area contributed by atoms with Gasteiger partial charge in [0.15, 0.2) is 15.7 Å². The maximum absolute atomic E-state index is 12.6. The van der Waals surface area contributed by atoms with Gasteiger partial charge in [0.25, 0.3) is 0 Å². The molecule has 1 aromatic carbocycles. The van der Waals surface area contributed by atoms with Crippen molar-refractivity contribution in [2.45, 2.75) is 23.3 Å². The fraction of sp³-hybridized carbons (Fsp3) is 0.211. The molecule has 0 bridgehead atoms. The minimum Gasteiger partial charge on any atom is -0.337 e. The van der Waals surface area contributed by atoms with Crippen molar-refractivity contribution < 1.29 is 13.2 Å². The van der Waals surface area contributed by atoms with Gasteiger partial charge >= 0.3 is 0 Å². The first-order valence-corrected chi connectivity index (χ1v) is 12.0. The summed E-state index contributed by atoms with van der Waals surface area (Å²) < 4.78 is 25.4. The van der Waals surface area contributed by atoms with Crippen molar-refractivity contribution >= 4 is 67.5 Å². The van der Waals surface area contributed by atoms with E-state index in [9.17, 15) is 13.2 Å². The van der Waals surface area contributed by atoms with Gasteiger partial charge in [0, 0.05) is 11.4 Å². The molecule has 0 spiro atoms. The molecule has 0 fully saturated rings. The van der Waals surface area contributed by atoms with Crippen LogP contribution in [-0.2, 0) is 14.6 Å². The smallest absolute Gasteiger partial charge is 0.238 e. The molecule has 0 unspecified atom stereocenters. The van der Waals surface area contributed by atoms with E-state index >= 15 is 0 Å². The molecule has 0 saturated carbocycles. The lowest BCUT2D eigenvalue weighted by molar-refractivity contribution is -0.114. The number of rotatable bonds is 8. The maximum Gasteiger partial charge on any atom is 0.238 e. The molecule has 0 aliphatic carbocycles. The Morgan fingerprint density at radius 1 is 1.23 bits per heavy atom. The topological polar surface area (TPSA) is 139 Å². The monoisotopic (exact) mass is 480 g/mol. The molecule has 0 aliphatic rings. The molecular formula is C19H21ClN6O3S2. The van der Waals surface area contributed by atoms with Crippen LogP contribution in [0.5, 0.6) is 0 Å². The molecule has 2 heterocycles. The molecular weight excluding hydrogens is 460 g/mol. The molecule has 0 saturated heterocycles. The minimum atomic E-state index is -3.46. The second-order valence-corrected chi connectivity index (χ2v) is 10.7. The molecule has 2 aromatic heterocycles. The number of aromatic nitrogens is 2. The highest BCUT2D eigenvalue weighted by Gasteiger charge is 2.25. The summed E-state index contributed by atoms with van der Waals surface area (Å²) in [7, 11) is -3.46. The van der Waals surface area contributed by atoms with Crippen LogP contribution >= 0.6 is 22.9 Å². The quantitative estimate of drug-likeness (QED) is 0.382. The third kappa shape index (κ3) is 5.50. The average molecular weight is 481 g/mol. The number of nitrogens with zero attached hydrogens (tertiary/aromatic N) is 2. The van der Waals surface area contributed by atoms with E-state index in [2.05, 4.69) is 25.9 Å². The molecule has 5 N–H and O–H groups in total. The third-order valence-corrected chi connectivity index (χ3v) is 8.04. The Balaban J connectivity index is 1.84. The second-order valence-electron chi connectivity index (χ2n) is 6.69. The predicted octanol–water partition coefficient (Wildman–Crippen LogP) is 3.76. The van der Waals surface area contributed by atoms with Crippen molar-refractivity contribution in [3.8, 4) is 0 Å². The van der Waals surface area contributed by atoms with E-state index in [0.29, 0.717) is 17.1 Å². The third-order valence-electron chi connectivity index (χ3n) is 4.09. The first-order valence-electron chi connectivity index (χ1n) is 9.18. The number of benzene rings is 1. The molecule has 12 heteroatoms. The first-order chi connectivity index (χ1) is 14.7. The number of carbonyl (C=O) groups excluding carboxylic acids is 1. The van der Waals surface area contributed by atoms with Gasteiger partial charge in [-0.05, 0) is 43.5 Å². The second kappa shape index (κ2) is 9.60. The summed E-state index contributed by atoms with van der Waals surface area (Å²) in [6, 6.07) is 8.61. The molecule has 0 atom stereocenters. The molecule has 0 radical (unpaired) electrons. The summed E-state index contributed by atoms with van der Waals surface area (Å²) in [6.45, 7) is 3.13. The summed E-state index contributed by atoms with van der Waals surface area (Å²) in [5, 5.41) is 10.0. The van der Waals surface area contributed by atoms with Gasteiger partial charge in [-0.1, -0.05) is 17.7 Å². The standard InChI is InChI=1S/C19H21ClN6O3S2/c1-11(2)31(28,29)18-15(6-7-30-18)25-17-14(20)10-22-19(26-17)24-13-5-3-4-12(8-13)23-16(27)9-21/h3-8,10-11H,9,21H2,1-2H3,(H,23,27)(H2,22,24,25,26). The molecule has 164 valence electrons. The van der Waals surface area contributed by atoms with Crippen LogP contribution in [0.4, 0.5) is 28.8 Å². The molecule has 1 amide bonds. The van der Waals surface area contributed by atoms with Crippen LogP contribution < -0.4 is 21.7 Å². The van der Waals surface area contributed by atoms with Crippen LogP contribution in [-0.4, -0.2) is 36.1 Å². The largest absolute Gasteiger partial charge is 0.337 e. The lowest BCUT2D eigenvalue weighted by Gasteiger charge is -2.12. The number of carbonyl (C=O) groups is 1. The highest BCUT2D eigenvalue weighted by molar-refractivity contribution is 7.94. The van der Waals surface area contributed by atoms with Crippen LogP contribution in [0.25, 0.3) is 0 Å². The van der Waals surface area contributed by atoms with E-state index in [-0.39, 0.29) is 33.4 Å². The van der Waals surface area contributed by atoms with Gasteiger partial charge in [0.05, 0.1) is 23.7 Å². The summed E-state index contributed by atoms with van der Waals surface area (Å²) >= 11 is 7.35. The van der Waals surface area contributed by atoms with E-state index in [4.69, 9.17) is 17.3 Å². The zero-order chi connectivity index (χ0) is 22.6. The number of halogens is 1. The number of nitrogens with one attached hydrogen (secondary N) is 3. The van der Waals surface area contributed by atoms with Gasteiger partial charge in [-0.25, -0.2) is 13.4 Å². The van der Waals surface area contributed by atoms with Crippen molar-refractivity contribution in [1.29, 1.82) is 0 Å². The average Bonchev–Trinajstić information content (AvgIpc) is 3.19. The Kier molecular flexibility index (Phi) is 7.11. The minimum absolute atomic E-state index is 0.121. The number of nitrogens with two attached hydrogens (primary N) is 1. The SMILES string of the molecule is CC(C)S(=O)(=O)c1sccc1Nc1nc(Nc2cccc(NC(=O)CN)c2)ncc1Cl. The van der Waals surface area contributed by atoms with Crippen molar-refractivity contribution in [3.63, 3.8) is 0 Å². The Hall–Kier alpha value is -2.73. The van der Waals surface area contributed by atoms with E-state index in [1.54, 1.807) is 49.6 Å². The van der Waals surface area contributed by atoms with Gasteiger partial charge in [0.2, 0.25) is 11.9 Å². The summed E-state index contributed by atoms with van der Waals surface area (Å²) in [6.07, 6.45) is 1.41. The van der Waals surface area contributed by atoms with Gasteiger partial charge in [0.1, 0.15) is 9.23 Å². The van der Waals surface area contributed by atoms with Crippen molar-refractivity contribution in [2.75, 3.05) is 22.5 Å². The van der Waals surface area contributed by atoms with Gasteiger partial charge < -0.3 is 21.7 Å². The van der Waals surface area contributed by atoms with Crippen molar-refractivity contribution in [3.05, 3.63) is 46.9 Å². The Morgan fingerprint density at radius 3 is 2.68 bits per heavy atom. The van der Waals surface area contributed by atoms with E-state index in [1.165, 1.54) is 6.20 Å². The lowest BCUT2D eigenvalue weighted by atomic mass is 10.2. The normalized spacial score (nSPS) is 11.4. The highest BCUT2D eigenvalue weighted by Crippen LogP contribution is 2.34. The fourth-order valence-electron chi connectivity index (χ4n) is 2.48. The predicted molar refractivity (Wildman–Crippen MR) is 124 cm³/mol. The molecule has 0 aliphatic heterocycles. The highest BCUT2D eigenvalue weighted by atomic mass is 35.5. The molecule has 3 aromatic rings. The molecule has 9 nitrogen and oxygen atoms in total. The Labute approximate surface area is 189 Å². The van der Waals surface area contributed by atoms with E-state index in [1.807, 2.05) is 0 Å². The van der Waals surface area contributed by atoms with Gasteiger partial charge in [-0.15, -0.1) is 11.3 Å². The number of thiophene rings is 1. The van der Waals surface area contributed by atoms with Crippen LogP contribution in [0.3, 0.4) is 0 Å². The van der Waals surface area contributed by atoms with Gasteiger partial charge in [-0.3, -0.25) is 4.79 Å². The Bertz CT molecular complexity index is 1200. The number of amides is 1. The zero-order valence-electron chi connectivity index (χ0n) is 16.7. The van der Waals surface area contributed by atoms with Crippen LogP contribution in [0.15, 0.2) is 46.1 Å². The van der Waals surface area contributed by atoms with E-state index < -0.39 is 15.1 Å². The number of sulfone groups is 1. The number of anilines is 5. The summed E-state index contributed by atoms with van der Waals surface area (Å²) in [5.41, 5.74) is 6.91. The zero-order valence-corrected chi connectivity index (χ0v) is 19.1. The first kappa shape index (κ1) is 22.9.